The van der Waals surface area contributed by atoms with Crippen molar-refractivity contribution in [1.82, 2.24) is 4.57 Å². The molecule has 2 rings (SSSR count). The number of ether oxygens (including phenoxy) is 1. The van der Waals surface area contributed by atoms with Crippen LogP contribution in [0, 0.1) is 18.3 Å². The van der Waals surface area contributed by atoms with E-state index < -0.39 is 0 Å². The number of hydrogen-bond acceptors (Lipinski definition) is 2. The summed E-state index contributed by atoms with van der Waals surface area (Å²) in [5.41, 5.74) is 3.77. The zero-order valence-corrected chi connectivity index (χ0v) is 10.2. The summed E-state index contributed by atoms with van der Waals surface area (Å²) in [6.07, 6.45) is 0. The summed E-state index contributed by atoms with van der Waals surface area (Å²) in [6, 6.07) is 11.9. The lowest BCUT2D eigenvalue weighted by atomic mass is 10.1. The third kappa shape index (κ3) is 1.90. The topological polar surface area (TPSA) is 37.9 Å². The van der Waals surface area contributed by atoms with E-state index in [1.807, 2.05) is 48.9 Å². The van der Waals surface area contributed by atoms with Crippen molar-refractivity contribution in [3.63, 3.8) is 0 Å². The van der Waals surface area contributed by atoms with E-state index in [1.54, 1.807) is 7.11 Å². The molecule has 0 radical (unpaired) electrons. The van der Waals surface area contributed by atoms with Crippen molar-refractivity contribution in [2.24, 2.45) is 7.05 Å². The zero-order chi connectivity index (χ0) is 12.4. The van der Waals surface area contributed by atoms with Crippen LogP contribution >= 0.6 is 0 Å². The van der Waals surface area contributed by atoms with Gasteiger partial charge in [-0.2, -0.15) is 5.26 Å². The van der Waals surface area contributed by atoms with Crippen LogP contribution in [-0.4, -0.2) is 11.7 Å². The lowest BCUT2D eigenvalue weighted by Gasteiger charge is -2.06. The summed E-state index contributed by atoms with van der Waals surface area (Å²) in [4.78, 5) is 0. The van der Waals surface area contributed by atoms with Gasteiger partial charge in [-0.15, -0.1) is 0 Å². The Labute approximate surface area is 101 Å². The molecular weight excluding hydrogens is 212 g/mol. The van der Waals surface area contributed by atoms with Gasteiger partial charge in [-0.25, -0.2) is 0 Å². The maximum atomic E-state index is 9.02. The molecule has 0 saturated carbocycles. The van der Waals surface area contributed by atoms with Crippen molar-refractivity contribution in [1.29, 1.82) is 5.26 Å². The standard InChI is InChI=1S/C14H14N2O/c1-10-12(9-15)8-14(16(10)2)11-5-4-6-13(7-11)17-3/h4-8H,1-3H3. The quantitative estimate of drug-likeness (QED) is 0.789. The summed E-state index contributed by atoms with van der Waals surface area (Å²) in [5.74, 6) is 0.819. The second-order valence-electron chi connectivity index (χ2n) is 3.93. The Balaban J connectivity index is 2.57. The molecule has 3 heteroatoms. The van der Waals surface area contributed by atoms with Gasteiger partial charge in [0.2, 0.25) is 0 Å². The number of hydrogen-bond donors (Lipinski definition) is 0. The highest BCUT2D eigenvalue weighted by Crippen LogP contribution is 2.27. The lowest BCUT2D eigenvalue weighted by molar-refractivity contribution is 0.415. The van der Waals surface area contributed by atoms with Gasteiger partial charge in [0, 0.05) is 24.0 Å². The fourth-order valence-electron chi connectivity index (χ4n) is 1.87. The van der Waals surface area contributed by atoms with Gasteiger partial charge < -0.3 is 9.30 Å². The molecule has 0 aliphatic rings. The van der Waals surface area contributed by atoms with Crippen molar-refractivity contribution < 1.29 is 4.74 Å². The van der Waals surface area contributed by atoms with E-state index in [2.05, 4.69) is 6.07 Å². The minimum Gasteiger partial charge on any atom is -0.497 e. The summed E-state index contributed by atoms with van der Waals surface area (Å²) >= 11 is 0. The first-order valence-corrected chi connectivity index (χ1v) is 5.38. The van der Waals surface area contributed by atoms with Gasteiger partial charge >= 0.3 is 0 Å². The molecule has 86 valence electrons. The molecule has 0 atom stereocenters. The highest BCUT2D eigenvalue weighted by Gasteiger charge is 2.10. The summed E-state index contributed by atoms with van der Waals surface area (Å²) in [5, 5.41) is 9.02. The molecular formula is C14H14N2O. The van der Waals surface area contributed by atoms with Gasteiger partial charge in [0.1, 0.15) is 11.8 Å². The molecule has 1 aromatic heterocycles. The van der Waals surface area contributed by atoms with Crippen molar-refractivity contribution in [2.75, 3.05) is 7.11 Å². The molecule has 1 heterocycles. The second-order valence-corrected chi connectivity index (χ2v) is 3.93. The van der Waals surface area contributed by atoms with Gasteiger partial charge in [0.05, 0.1) is 12.7 Å². The SMILES string of the molecule is COc1cccc(-c2cc(C#N)c(C)n2C)c1. The van der Waals surface area contributed by atoms with Crippen LogP contribution < -0.4 is 4.74 Å². The molecule has 0 amide bonds. The van der Waals surface area contributed by atoms with Crippen LogP contribution in [0.1, 0.15) is 11.3 Å². The number of nitriles is 1. The molecule has 0 unspecified atom stereocenters. The highest BCUT2D eigenvalue weighted by molar-refractivity contribution is 5.65. The molecule has 0 bridgehead atoms. The molecule has 0 fully saturated rings. The van der Waals surface area contributed by atoms with Crippen LogP contribution in [-0.2, 0) is 7.05 Å². The number of benzene rings is 1. The molecule has 2 aromatic rings. The van der Waals surface area contributed by atoms with Crippen LogP contribution in [0.4, 0.5) is 0 Å². The van der Waals surface area contributed by atoms with Crippen molar-refractivity contribution >= 4 is 0 Å². The maximum absolute atomic E-state index is 9.02. The largest absolute Gasteiger partial charge is 0.497 e. The van der Waals surface area contributed by atoms with E-state index in [1.165, 1.54) is 0 Å². The molecule has 1 aromatic carbocycles. The Morgan fingerprint density at radius 2 is 2.06 bits per heavy atom. The molecule has 0 N–H and O–H groups in total. The second kappa shape index (κ2) is 4.34. The Bertz CT molecular complexity index is 591. The van der Waals surface area contributed by atoms with E-state index >= 15 is 0 Å². The zero-order valence-electron chi connectivity index (χ0n) is 10.2. The number of aromatic nitrogens is 1. The molecule has 3 nitrogen and oxygen atoms in total. The number of nitrogens with zero attached hydrogens (tertiary/aromatic N) is 2. The van der Waals surface area contributed by atoms with Crippen LogP contribution in [0.5, 0.6) is 5.75 Å². The van der Waals surface area contributed by atoms with Crippen LogP contribution in [0.15, 0.2) is 30.3 Å². The average molecular weight is 226 g/mol. The van der Waals surface area contributed by atoms with E-state index in [-0.39, 0.29) is 0 Å². The third-order valence-corrected chi connectivity index (χ3v) is 3.02. The molecule has 0 aliphatic heterocycles. The fourth-order valence-corrected chi connectivity index (χ4v) is 1.87. The van der Waals surface area contributed by atoms with Crippen LogP contribution in [0.2, 0.25) is 0 Å². The minimum atomic E-state index is 0.713. The fraction of sp³-hybridized carbons (Fsp3) is 0.214. The Hall–Kier alpha value is -2.21. The first-order valence-electron chi connectivity index (χ1n) is 5.38. The van der Waals surface area contributed by atoms with Gasteiger partial charge in [0.15, 0.2) is 0 Å². The highest BCUT2D eigenvalue weighted by atomic mass is 16.5. The Kier molecular flexibility index (Phi) is 2.88. The van der Waals surface area contributed by atoms with E-state index in [0.717, 1.165) is 22.7 Å². The maximum Gasteiger partial charge on any atom is 0.119 e. The van der Waals surface area contributed by atoms with Gasteiger partial charge in [0.25, 0.3) is 0 Å². The van der Waals surface area contributed by atoms with Crippen molar-refractivity contribution in [3.05, 3.63) is 41.6 Å². The normalized spacial score (nSPS) is 10.0. The van der Waals surface area contributed by atoms with E-state index in [9.17, 15) is 0 Å². The van der Waals surface area contributed by atoms with Gasteiger partial charge in [-0.05, 0) is 25.1 Å². The smallest absolute Gasteiger partial charge is 0.119 e. The first kappa shape index (κ1) is 11.3. The monoisotopic (exact) mass is 226 g/mol. The number of methoxy groups -OCH3 is 1. The van der Waals surface area contributed by atoms with Gasteiger partial charge in [-0.1, -0.05) is 12.1 Å². The van der Waals surface area contributed by atoms with Crippen LogP contribution in [0.25, 0.3) is 11.3 Å². The summed E-state index contributed by atoms with van der Waals surface area (Å²) in [6.45, 7) is 1.95. The summed E-state index contributed by atoms with van der Waals surface area (Å²) < 4.78 is 7.23. The van der Waals surface area contributed by atoms with Crippen LogP contribution in [0.3, 0.4) is 0 Å². The lowest BCUT2D eigenvalue weighted by Crippen LogP contribution is -1.94. The molecule has 17 heavy (non-hydrogen) atoms. The number of rotatable bonds is 2. The van der Waals surface area contributed by atoms with Gasteiger partial charge in [-0.3, -0.25) is 0 Å². The van der Waals surface area contributed by atoms with Crippen molar-refractivity contribution in [2.45, 2.75) is 6.92 Å². The Morgan fingerprint density at radius 1 is 1.29 bits per heavy atom. The van der Waals surface area contributed by atoms with E-state index in [4.69, 9.17) is 10.00 Å². The Morgan fingerprint density at radius 3 is 2.65 bits per heavy atom. The molecule has 0 saturated heterocycles. The van der Waals surface area contributed by atoms with E-state index in [0.29, 0.717) is 5.56 Å². The molecule has 0 spiro atoms. The average Bonchev–Trinajstić information content (AvgIpc) is 2.66. The molecule has 0 aliphatic carbocycles. The first-order chi connectivity index (χ1) is 8.17. The predicted molar refractivity (Wildman–Crippen MR) is 66.9 cm³/mol. The van der Waals surface area contributed by atoms with Crippen molar-refractivity contribution in [3.8, 4) is 23.1 Å². The summed E-state index contributed by atoms with van der Waals surface area (Å²) in [7, 11) is 3.61. The minimum absolute atomic E-state index is 0.713. The predicted octanol–water partition coefficient (Wildman–Crippen LogP) is 2.88. The third-order valence-electron chi connectivity index (χ3n) is 3.02.